The lowest BCUT2D eigenvalue weighted by Crippen LogP contribution is -2.16. The molecule has 0 radical (unpaired) electrons. The van der Waals surface area contributed by atoms with E-state index in [-0.39, 0.29) is 10.7 Å². The Balaban J connectivity index is 2.03. The van der Waals surface area contributed by atoms with Crippen LogP contribution in [-0.2, 0) is 10.0 Å². The molecule has 1 heterocycles. The first-order valence-electron chi connectivity index (χ1n) is 6.93. The Hall–Kier alpha value is -2.87. The molecular formula is C16H14FN3O3S. The molecule has 3 aromatic rings. The predicted molar refractivity (Wildman–Crippen MR) is 87.6 cm³/mol. The first-order chi connectivity index (χ1) is 11.4. The monoisotopic (exact) mass is 347 g/mol. The Labute approximate surface area is 138 Å². The molecule has 24 heavy (non-hydrogen) atoms. The first-order valence-corrected chi connectivity index (χ1v) is 8.37. The van der Waals surface area contributed by atoms with Crippen LogP contribution in [0.15, 0.2) is 59.5 Å². The summed E-state index contributed by atoms with van der Waals surface area (Å²) in [5, 5.41) is 4.08. The maximum atomic E-state index is 13.0. The van der Waals surface area contributed by atoms with Gasteiger partial charge in [0, 0.05) is 11.6 Å². The molecule has 0 saturated heterocycles. The highest BCUT2D eigenvalue weighted by molar-refractivity contribution is 7.90. The van der Waals surface area contributed by atoms with Crippen LogP contribution in [0, 0.1) is 5.82 Å². The number of nitrogens with zero attached hydrogens (tertiary/aromatic N) is 2. The van der Waals surface area contributed by atoms with Crippen molar-refractivity contribution < 1.29 is 17.5 Å². The van der Waals surface area contributed by atoms with Crippen molar-refractivity contribution in [3.63, 3.8) is 0 Å². The van der Waals surface area contributed by atoms with Gasteiger partial charge >= 0.3 is 0 Å². The molecular weight excluding hydrogens is 333 g/mol. The fraction of sp³-hybridized carbons (Fsp3) is 0.0625. The van der Waals surface area contributed by atoms with Gasteiger partial charge in [0.15, 0.2) is 0 Å². The Morgan fingerprint density at radius 3 is 2.29 bits per heavy atom. The summed E-state index contributed by atoms with van der Waals surface area (Å²) in [5.41, 5.74) is 6.90. The Morgan fingerprint density at radius 1 is 1.08 bits per heavy atom. The fourth-order valence-electron chi connectivity index (χ4n) is 2.18. The highest BCUT2D eigenvalue weighted by Crippen LogP contribution is 2.25. The highest BCUT2D eigenvalue weighted by atomic mass is 32.2. The zero-order chi connectivity index (χ0) is 17.3. The molecule has 0 saturated carbocycles. The van der Waals surface area contributed by atoms with Crippen molar-refractivity contribution in [1.29, 1.82) is 0 Å². The van der Waals surface area contributed by atoms with Crippen LogP contribution < -0.4 is 10.5 Å². The van der Waals surface area contributed by atoms with Crippen LogP contribution in [0.1, 0.15) is 0 Å². The number of hydrogen-bond donors (Lipinski definition) is 1. The summed E-state index contributed by atoms with van der Waals surface area (Å²) < 4.78 is 44.0. The van der Waals surface area contributed by atoms with E-state index in [9.17, 15) is 12.8 Å². The van der Waals surface area contributed by atoms with Crippen LogP contribution in [-0.4, -0.2) is 24.7 Å². The third-order valence-electron chi connectivity index (χ3n) is 3.43. The van der Waals surface area contributed by atoms with E-state index >= 15 is 0 Å². The standard InChI is InChI=1S/C16H14FN3O3S/c1-23-13-6-2-11(3-7-13)15-10-16(18)20(19-15)24(21,22)14-8-4-12(17)5-9-14/h2-10H,18H2,1H3. The fourth-order valence-corrected chi connectivity index (χ4v) is 3.39. The Bertz CT molecular complexity index is 965. The quantitative estimate of drug-likeness (QED) is 0.783. The van der Waals surface area contributed by atoms with Gasteiger partial charge in [-0.3, -0.25) is 0 Å². The third kappa shape index (κ3) is 2.83. The topological polar surface area (TPSA) is 87.2 Å². The summed E-state index contributed by atoms with van der Waals surface area (Å²) in [6.07, 6.45) is 0. The van der Waals surface area contributed by atoms with E-state index in [4.69, 9.17) is 10.5 Å². The second-order valence-electron chi connectivity index (χ2n) is 4.98. The number of nitrogen functional groups attached to an aromatic ring is 1. The van der Waals surface area contributed by atoms with Crippen LogP contribution in [0.5, 0.6) is 5.75 Å². The molecule has 0 aliphatic carbocycles. The van der Waals surface area contributed by atoms with Gasteiger partial charge in [0.25, 0.3) is 10.0 Å². The van der Waals surface area contributed by atoms with Crippen LogP contribution in [0.25, 0.3) is 11.3 Å². The minimum Gasteiger partial charge on any atom is -0.497 e. The van der Waals surface area contributed by atoms with Gasteiger partial charge in [0.05, 0.1) is 17.7 Å². The lowest BCUT2D eigenvalue weighted by atomic mass is 10.1. The number of hydrogen-bond acceptors (Lipinski definition) is 5. The molecule has 3 rings (SSSR count). The summed E-state index contributed by atoms with van der Waals surface area (Å²) in [4.78, 5) is -0.0972. The van der Waals surface area contributed by atoms with Crippen molar-refractivity contribution in [2.24, 2.45) is 0 Å². The summed E-state index contributed by atoms with van der Waals surface area (Å²) in [6, 6.07) is 12.9. The average Bonchev–Trinajstić information content (AvgIpc) is 2.98. The van der Waals surface area contributed by atoms with Crippen LogP contribution >= 0.6 is 0 Å². The number of benzene rings is 2. The maximum absolute atomic E-state index is 13.0. The normalized spacial score (nSPS) is 11.4. The Morgan fingerprint density at radius 2 is 1.71 bits per heavy atom. The summed E-state index contributed by atoms with van der Waals surface area (Å²) in [6.45, 7) is 0. The first kappa shape index (κ1) is 16.0. The van der Waals surface area contributed by atoms with E-state index in [0.29, 0.717) is 17.0 Å². The van der Waals surface area contributed by atoms with E-state index < -0.39 is 15.8 Å². The number of aromatic nitrogens is 2. The minimum atomic E-state index is -4.00. The van der Waals surface area contributed by atoms with E-state index in [0.717, 1.165) is 16.2 Å². The molecule has 0 aliphatic heterocycles. The molecule has 0 unspecified atom stereocenters. The largest absolute Gasteiger partial charge is 0.497 e. The van der Waals surface area contributed by atoms with Gasteiger partial charge in [-0.2, -0.15) is 13.5 Å². The number of methoxy groups -OCH3 is 1. The number of halogens is 1. The molecule has 0 bridgehead atoms. The number of ether oxygens (including phenoxy) is 1. The van der Waals surface area contributed by atoms with Crippen molar-refractivity contribution in [3.8, 4) is 17.0 Å². The van der Waals surface area contributed by atoms with E-state index in [1.54, 1.807) is 31.4 Å². The molecule has 124 valence electrons. The average molecular weight is 347 g/mol. The van der Waals surface area contributed by atoms with Crippen LogP contribution in [0.4, 0.5) is 10.2 Å². The molecule has 0 fully saturated rings. The minimum absolute atomic E-state index is 0.0369. The van der Waals surface area contributed by atoms with Crippen LogP contribution in [0.2, 0.25) is 0 Å². The number of anilines is 1. The molecule has 6 nitrogen and oxygen atoms in total. The molecule has 2 aromatic carbocycles. The summed E-state index contributed by atoms with van der Waals surface area (Å²) in [7, 11) is -2.44. The highest BCUT2D eigenvalue weighted by Gasteiger charge is 2.22. The molecule has 0 spiro atoms. The molecule has 0 atom stereocenters. The predicted octanol–water partition coefficient (Wildman–Crippen LogP) is 2.52. The summed E-state index contributed by atoms with van der Waals surface area (Å²) in [5.74, 6) is 0.108. The van der Waals surface area contributed by atoms with Crippen molar-refractivity contribution in [2.45, 2.75) is 4.90 Å². The third-order valence-corrected chi connectivity index (χ3v) is 5.04. The van der Waals surface area contributed by atoms with Crippen molar-refractivity contribution in [3.05, 3.63) is 60.4 Å². The molecule has 0 amide bonds. The van der Waals surface area contributed by atoms with E-state index in [1.165, 1.54) is 18.2 Å². The van der Waals surface area contributed by atoms with Gasteiger partial charge in [-0.1, -0.05) is 0 Å². The zero-order valence-corrected chi connectivity index (χ0v) is 13.5. The SMILES string of the molecule is COc1ccc(-c2cc(N)n(S(=O)(=O)c3ccc(F)cc3)n2)cc1. The van der Waals surface area contributed by atoms with Crippen molar-refractivity contribution in [2.75, 3.05) is 12.8 Å². The van der Waals surface area contributed by atoms with Crippen molar-refractivity contribution in [1.82, 2.24) is 9.19 Å². The van der Waals surface area contributed by atoms with Gasteiger partial charge in [0.1, 0.15) is 17.4 Å². The molecule has 0 aliphatic rings. The van der Waals surface area contributed by atoms with Gasteiger partial charge in [-0.05, 0) is 48.5 Å². The second-order valence-corrected chi connectivity index (χ2v) is 6.75. The van der Waals surface area contributed by atoms with Gasteiger partial charge < -0.3 is 10.5 Å². The smallest absolute Gasteiger partial charge is 0.284 e. The second kappa shape index (κ2) is 5.97. The van der Waals surface area contributed by atoms with Gasteiger partial charge in [-0.15, -0.1) is 4.09 Å². The van der Waals surface area contributed by atoms with E-state index in [1.807, 2.05) is 0 Å². The molecule has 2 N–H and O–H groups in total. The number of nitrogens with two attached hydrogens (primary N) is 1. The van der Waals surface area contributed by atoms with Gasteiger partial charge in [-0.25, -0.2) is 4.39 Å². The Kier molecular flexibility index (Phi) is 3.98. The molecule has 1 aromatic heterocycles. The van der Waals surface area contributed by atoms with Crippen molar-refractivity contribution >= 4 is 15.8 Å². The van der Waals surface area contributed by atoms with Crippen LogP contribution in [0.3, 0.4) is 0 Å². The zero-order valence-electron chi connectivity index (χ0n) is 12.7. The maximum Gasteiger partial charge on any atom is 0.284 e. The summed E-state index contributed by atoms with van der Waals surface area (Å²) >= 11 is 0. The lowest BCUT2D eigenvalue weighted by Gasteiger charge is -2.06. The lowest BCUT2D eigenvalue weighted by molar-refractivity contribution is 0.415. The number of rotatable bonds is 4. The molecule has 8 heteroatoms. The van der Waals surface area contributed by atoms with Gasteiger partial charge in [0.2, 0.25) is 0 Å². The van der Waals surface area contributed by atoms with E-state index in [2.05, 4.69) is 5.10 Å².